The number of hydrogen-bond acceptors (Lipinski definition) is 4. The van der Waals surface area contributed by atoms with E-state index in [9.17, 15) is 4.79 Å². The molecule has 0 spiro atoms. The number of carbonyl (C=O) groups excluding carboxylic acids is 1. The highest BCUT2D eigenvalue weighted by Crippen LogP contribution is 2.49. The molecular weight excluding hydrogens is 400 g/mol. The van der Waals surface area contributed by atoms with E-state index < -0.39 is 0 Å². The van der Waals surface area contributed by atoms with Gasteiger partial charge in [-0.25, -0.2) is 0 Å². The molecule has 1 saturated heterocycles. The summed E-state index contributed by atoms with van der Waals surface area (Å²) in [7, 11) is 5.52. The van der Waals surface area contributed by atoms with Crippen molar-refractivity contribution in [2.45, 2.75) is 30.7 Å². The molecule has 3 atom stereocenters. The minimum atomic E-state index is -0.0486. The van der Waals surface area contributed by atoms with E-state index in [4.69, 9.17) is 21.1 Å². The number of rotatable bonds is 5. The monoisotopic (exact) mass is 428 g/mol. The summed E-state index contributed by atoms with van der Waals surface area (Å²) in [5.74, 6) is 1.95. The molecule has 5 nitrogen and oxygen atoms in total. The third kappa shape index (κ3) is 3.88. The molecule has 0 aromatic heterocycles. The summed E-state index contributed by atoms with van der Waals surface area (Å²) in [5, 5.41) is 3.82. The minimum absolute atomic E-state index is 0.0486. The molecule has 1 N–H and O–H groups in total. The number of ether oxygens (including phenoxy) is 2. The lowest BCUT2D eigenvalue weighted by Crippen LogP contribution is -2.47. The Morgan fingerprint density at radius 2 is 1.97 bits per heavy atom. The average Bonchev–Trinajstić information content (AvgIpc) is 3.09. The van der Waals surface area contributed by atoms with Crippen molar-refractivity contribution in [3.63, 3.8) is 0 Å². The van der Waals surface area contributed by atoms with Gasteiger partial charge in [0.1, 0.15) is 0 Å². The van der Waals surface area contributed by atoms with Gasteiger partial charge in [-0.15, -0.1) is 0 Å². The molecule has 0 radical (unpaired) electrons. The van der Waals surface area contributed by atoms with Crippen molar-refractivity contribution in [3.05, 3.63) is 58.6 Å². The van der Waals surface area contributed by atoms with Crippen molar-refractivity contribution in [3.8, 4) is 11.5 Å². The van der Waals surface area contributed by atoms with Crippen LogP contribution in [0.3, 0.4) is 0 Å². The maximum atomic E-state index is 12.7. The molecule has 4 rings (SSSR count). The van der Waals surface area contributed by atoms with Crippen LogP contribution in [0.1, 0.15) is 35.2 Å². The molecule has 2 aliphatic rings. The standard InChI is InChI=1S/C24H29ClN2O3/c1-27-14-18-12-20(26-23(28)16-5-4-6-19(25)11-16)9-10-24(18,15-27)17-7-8-21(29-2)22(13-17)30-3/h4-8,11,13,18,20H,9-10,12,14-15H2,1-3H3,(H,26,28)/t18-,20+,24-/m1/s1. The maximum absolute atomic E-state index is 12.7. The van der Waals surface area contributed by atoms with Crippen LogP contribution in [0.5, 0.6) is 11.5 Å². The zero-order chi connectivity index (χ0) is 21.3. The van der Waals surface area contributed by atoms with Gasteiger partial charge in [-0.2, -0.15) is 0 Å². The number of nitrogens with one attached hydrogen (secondary N) is 1. The van der Waals surface area contributed by atoms with Crippen LogP contribution in [-0.2, 0) is 5.41 Å². The molecule has 1 heterocycles. The number of methoxy groups -OCH3 is 2. The second kappa shape index (κ2) is 8.48. The van der Waals surface area contributed by atoms with Crippen molar-refractivity contribution >= 4 is 17.5 Å². The molecule has 6 heteroatoms. The molecule has 2 aromatic carbocycles. The molecule has 1 aliphatic heterocycles. The quantitative estimate of drug-likeness (QED) is 0.777. The SMILES string of the molecule is COc1ccc([C@]23CC[C@H](NC(=O)c4cccc(Cl)c4)C[C@@H]2CN(C)C3)cc1OC. The number of carbonyl (C=O) groups is 1. The first kappa shape index (κ1) is 21.0. The fourth-order valence-corrected chi connectivity index (χ4v) is 5.54. The lowest BCUT2D eigenvalue weighted by molar-refractivity contribution is 0.0904. The van der Waals surface area contributed by atoms with Gasteiger partial charge < -0.3 is 19.7 Å². The van der Waals surface area contributed by atoms with Gasteiger partial charge in [0.05, 0.1) is 14.2 Å². The number of benzene rings is 2. The van der Waals surface area contributed by atoms with Gasteiger partial charge in [0, 0.05) is 35.1 Å². The van der Waals surface area contributed by atoms with Gasteiger partial charge in [0.15, 0.2) is 11.5 Å². The number of amides is 1. The largest absolute Gasteiger partial charge is 0.493 e. The van der Waals surface area contributed by atoms with Crippen molar-refractivity contribution in [2.24, 2.45) is 5.92 Å². The summed E-state index contributed by atoms with van der Waals surface area (Å²) in [5.41, 5.74) is 1.99. The first-order chi connectivity index (χ1) is 14.4. The normalized spacial score (nSPS) is 26.1. The molecular formula is C24H29ClN2O3. The Hall–Kier alpha value is -2.24. The van der Waals surface area contributed by atoms with E-state index in [2.05, 4.69) is 29.4 Å². The second-order valence-corrected chi connectivity index (χ2v) is 9.01. The van der Waals surface area contributed by atoms with Crippen LogP contribution in [-0.4, -0.2) is 51.2 Å². The first-order valence-electron chi connectivity index (χ1n) is 10.4. The Morgan fingerprint density at radius 3 is 2.70 bits per heavy atom. The number of fused-ring (bicyclic) bond motifs is 1. The third-order valence-electron chi connectivity index (χ3n) is 6.75. The van der Waals surface area contributed by atoms with Crippen LogP contribution in [0.25, 0.3) is 0 Å². The molecule has 1 amide bonds. The summed E-state index contributed by atoms with van der Waals surface area (Å²) in [4.78, 5) is 15.1. The van der Waals surface area contributed by atoms with E-state index in [1.54, 1.807) is 32.4 Å². The lowest BCUT2D eigenvalue weighted by atomic mass is 9.63. The summed E-state index contributed by atoms with van der Waals surface area (Å²) < 4.78 is 11.0. The van der Waals surface area contributed by atoms with E-state index in [1.807, 2.05) is 12.1 Å². The number of likely N-dealkylation sites (N-methyl/N-ethyl adjacent to an activating group) is 1. The highest BCUT2D eigenvalue weighted by molar-refractivity contribution is 6.30. The van der Waals surface area contributed by atoms with Gasteiger partial charge in [0.25, 0.3) is 5.91 Å². The zero-order valence-corrected chi connectivity index (χ0v) is 18.5. The van der Waals surface area contributed by atoms with E-state index in [-0.39, 0.29) is 17.4 Å². The molecule has 1 saturated carbocycles. The Kier molecular flexibility index (Phi) is 5.94. The maximum Gasteiger partial charge on any atom is 0.251 e. The van der Waals surface area contributed by atoms with E-state index in [0.29, 0.717) is 16.5 Å². The number of halogens is 1. The summed E-state index contributed by atoms with van der Waals surface area (Å²) in [6.07, 6.45) is 2.94. The highest BCUT2D eigenvalue weighted by atomic mass is 35.5. The fourth-order valence-electron chi connectivity index (χ4n) is 5.35. The third-order valence-corrected chi connectivity index (χ3v) is 6.99. The van der Waals surface area contributed by atoms with Gasteiger partial charge in [-0.3, -0.25) is 4.79 Å². The van der Waals surface area contributed by atoms with Crippen molar-refractivity contribution in [1.82, 2.24) is 10.2 Å². The van der Waals surface area contributed by atoms with Crippen LogP contribution >= 0.6 is 11.6 Å². The molecule has 2 fully saturated rings. The Morgan fingerprint density at radius 1 is 1.17 bits per heavy atom. The van der Waals surface area contributed by atoms with Crippen molar-refractivity contribution in [1.29, 1.82) is 0 Å². The highest BCUT2D eigenvalue weighted by Gasteiger charge is 2.50. The Bertz CT molecular complexity index is 934. The van der Waals surface area contributed by atoms with Crippen LogP contribution < -0.4 is 14.8 Å². The van der Waals surface area contributed by atoms with Crippen molar-refractivity contribution in [2.75, 3.05) is 34.4 Å². The Labute approximate surface area is 183 Å². The number of hydrogen-bond donors (Lipinski definition) is 1. The molecule has 0 unspecified atom stereocenters. The Balaban J connectivity index is 1.54. The molecule has 0 bridgehead atoms. The zero-order valence-electron chi connectivity index (χ0n) is 17.8. The summed E-state index contributed by atoms with van der Waals surface area (Å²) in [6, 6.07) is 13.6. The molecule has 1 aliphatic carbocycles. The van der Waals surface area contributed by atoms with Crippen LogP contribution in [0.2, 0.25) is 5.02 Å². The van der Waals surface area contributed by atoms with Gasteiger partial charge in [-0.1, -0.05) is 23.7 Å². The second-order valence-electron chi connectivity index (χ2n) is 8.57. The molecule has 30 heavy (non-hydrogen) atoms. The van der Waals surface area contributed by atoms with E-state index in [0.717, 1.165) is 43.9 Å². The van der Waals surface area contributed by atoms with E-state index in [1.165, 1.54) is 5.56 Å². The number of likely N-dealkylation sites (tertiary alicyclic amines) is 1. The van der Waals surface area contributed by atoms with Gasteiger partial charge >= 0.3 is 0 Å². The summed E-state index contributed by atoms with van der Waals surface area (Å²) in [6.45, 7) is 2.04. The predicted molar refractivity (Wildman–Crippen MR) is 119 cm³/mol. The molecule has 2 aromatic rings. The van der Waals surface area contributed by atoms with Crippen LogP contribution in [0.15, 0.2) is 42.5 Å². The van der Waals surface area contributed by atoms with Gasteiger partial charge in [-0.05, 0) is 68.1 Å². The topological polar surface area (TPSA) is 50.8 Å². The van der Waals surface area contributed by atoms with Crippen molar-refractivity contribution < 1.29 is 14.3 Å². The lowest BCUT2D eigenvalue weighted by Gasteiger charge is -2.43. The van der Waals surface area contributed by atoms with Gasteiger partial charge in [0.2, 0.25) is 0 Å². The number of nitrogens with zero attached hydrogens (tertiary/aromatic N) is 1. The average molecular weight is 429 g/mol. The van der Waals surface area contributed by atoms with E-state index >= 15 is 0 Å². The minimum Gasteiger partial charge on any atom is -0.493 e. The molecule has 160 valence electrons. The van der Waals surface area contributed by atoms with Crippen LogP contribution in [0.4, 0.5) is 0 Å². The van der Waals surface area contributed by atoms with Crippen LogP contribution in [0, 0.1) is 5.92 Å². The summed E-state index contributed by atoms with van der Waals surface area (Å²) >= 11 is 6.05. The first-order valence-corrected chi connectivity index (χ1v) is 10.8. The smallest absolute Gasteiger partial charge is 0.251 e. The predicted octanol–water partition coefficient (Wildman–Crippen LogP) is 4.14. The fraction of sp³-hybridized carbons (Fsp3) is 0.458.